The summed E-state index contributed by atoms with van der Waals surface area (Å²) in [4.78, 5) is 32.6. The van der Waals surface area contributed by atoms with Crippen molar-refractivity contribution in [3.63, 3.8) is 0 Å². The highest BCUT2D eigenvalue weighted by Gasteiger charge is 2.48. The predicted octanol–water partition coefficient (Wildman–Crippen LogP) is 6.35. The van der Waals surface area contributed by atoms with Gasteiger partial charge in [0.2, 0.25) is 0 Å². The zero-order valence-corrected chi connectivity index (χ0v) is 20.8. The molecule has 0 bridgehead atoms. The molecule has 0 radical (unpaired) electrons. The van der Waals surface area contributed by atoms with Crippen molar-refractivity contribution in [2.45, 2.75) is 6.04 Å². The van der Waals surface area contributed by atoms with Gasteiger partial charge in [-0.05, 0) is 48.0 Å². The highest BCUT2D eigenvalue weighted by Crippen LogP contribution is 2.45. The number of aliphatic hydroxyl groups excluding tert-OH is 1. The molecule has 170 valence electrons. The van der Waals surface area contributed by atoms with Crippen molar-refractivity contribution in [2.75, 3.05) is 12.0 Å². The van der Waals surface area contributed by atoms with Crippen LogP contribution in [0.3, 0.4) is 0 Å². The van der Waals surface area contributed by atoms with E-state index in [0.29, 0.717) is 32.5 Å². The number of Topliss-reactive ketones (excluding diaryl/α,β-unsaturated/α-hetero) is 1. The SMILES string of the molecule is COc1cccc(/C(O)=C2\C(=O)C(=O)N(c3nc4ccc(Cl)cc4s3)C2c2cccc(Br)c2)c1. The zero-order chi connectivity index (χ0) is 24.0. The van der Waals surface area contributed by atoms with E-state index in [1.807, 2.05) is 18.2 Å². The molecule has 0 aliphatic carbocycles. The highest BCUT2D eigenvalue weighted by molar-refractivity contribution is 9.10. The van der Waals surface area contributed by atoms with Gasteiger partial charge in [0, 0.05) is 15.1 Å². The van der Waals surface area contributed by atoms with Crippen LogP contribution in [-0.4, -0.2) is 28.9 Å². The van der Waals surface area contributed by atoms with Gasteiger partial charge in [-0.2, -0.15) is 0 Å². The van der Waals surface area contributed by atoms with Gasteiger partial charge < -0.3 is 9.84 Å². The second kappa shape index (κ2) is 8.87. The first-order valence-corrected chi connectivity index (χ1v) is 12.1. The van der Waals surface area contributed by atoms with E-state index in [4.69, 9.17) is 16.3 Å². The number of aromatic nitrogens is 1. The number of carbonyl (C=O) groups is 2. The Morgan fingerprint density at radius 3 is 2.68 bits per heavy atom. The van der Waals surface area contributed by atoms with Crippen LogP contribution in [0.4, 0.5) is 5.13 Å². The van der Waals surface area contributed by atoms with E-state index in [1.165, 1.54) is 23.3 Å². The molecule has 9 heteroatoms. The fraction of sp³-hybridized carbons (Fsp3) is 0.0800. The van der Waals surface area contributed by atoms with Crippen molar-refractivity contribution in [3.8, 4) is 5.75 Å². The molecule has 1 aliphatic rings. The number of methoxy groups -OCH3 is 1. The zero-order valence-electron chi connectivity index (χ0n) is 17.7. The number of fused-ring (bicyclic) bond motifs is 1. The minimum absolute atomic E-state index is 0.0198. The molecule has 1 unspecified atom stereocenters. The predicted molar refractivity (Wildman–Crippen MR) is 137 cm³/mol. The van der Waals surface area contributed by atoms with Crippen molar-refractivity contribution in [2.24, 2.45) is 0 Å². The van der Waals surface area contributed by atoms with Crippen molar-refractivity contribution < 1.29 is 19.4 Å². The standard InChI is InChI=1S/C25H16BrClN2O4S/c1-33-17-7-3-5-14(11-17)22(30)20-21(13-4-2-6-15(26)10-13)29(24(32)23(20)31)25-28-18-9-8-16(27)12-19(18)34-25/h2-12,21,30H,1H3/b22-20+. The molecule has 34 heavy (non-hydrogen) atoms. The Balaban J connectivity index is 1.74. The molecule has 1 amide bonds. The van der Waals surface area contributed by atoms with E-state index in [9.17, 15) is 14.7 Å². The summed E-state index contributed by atoms with van der Waals surface area (Å²) in [5.41, 5.74) is 1.66. The van der Waals surface area contributed by atoms with E-state index in [2.05, 4.69) is 20.9 Å². The van der Waals surface area contributed by atoms with E-state index in [-0.39, 0.29) is 11.3 Å². The number of carbonyl (C=O) groups excluding carboxylic acids is 2. The van der Waals surface area contributed by atoms with Crippen LogP contribution in [-0.2, 0) is 9.59 Å². The number of rotatable bonds is 4. The number of nitrogens with zero attached hydrogens (tertiary/aromatic N) is 2. The quantitative estimate of drug-likeness (QED) is 0.180. The van der Waals surface area contributed by atoms with Crippen molar-refractivity contribution in [1.82, 2.24) is 4.98 Å². The van der Waals surface area contributed by atoms with E-state index >= 15 is 0 Å². The number of amides is 1. The summed E-state index contributed by atoms with van der Waals surface area (Å²) in [5.74, 6) is -1.32. The molecular formula is C25H16BrClN2O4S. The lowest BCUT2D eigenvalue weighted by molar-refractivity contribution is -0.132. The lowest BCUT2D eigenvalue weighted by Crippen LogP contribution is -2.29. The maximum Gasteiger partial charge on any atom is 0.301 e. The second-order valence-electron chi connectivity index (χ2n) is 7.56. The summed E-state index contributed by atoms with van der Waals surface area (Å²) in [6.45, 7) is 0. The van der Waals surface area contributed by atoms with E-state index in [1.54, 1.807) is 48.5 Å². The molecule has 2 heterocycles. The van der Waals surface area contributed by atoms with Crippen LogP contribution in [0.15, 0.2) is 76.8 Å². The number of ketones is 1. The fourth-order valence-electron chi connectivity index (χ4n) is 3.94. The molecule has 1 atom stereocenters. The molecule has 0 spiro atoms. The largest absolute Gasteiger partial charge is 0.507 e. The van der Waals surface area contributed by atoms with Gasteiger partial charge >= 0.3 is 5.91 Å². The molecule has 1 N–H and O–H groups in total. The van der Waals surface area contributed by atoms with Gasteiger partial charge in [0.15, 0.2) is 5.13 Å². The Bertz CT molecular complexity index is 1500. The van der Waals surface area contributed by atoms with Gasteiger partial charge in [0.05, 0.1) is 28.9 Å². The monoisotopic (exact) mass is 554 g/mol. The molecular weight excluding hydrogens is 540 g/mol. The van der Waals surface area contributed by atoms with Gasteiger partial charge in [-0.25, -0.2) is 4.98 Å². The van der Waals surface area contributed by atoms with Gasteiger partial charge in [0.1, 0.15) is 11.5 Å². The van der Waals surface area contributed by atoms with Gasteiger partial charge in [-0.15, -0.1) is 0 Å². The molecule has 1 saturated heterocycles. The smallest absolute Gasteiger partial charge is 0.301 e. The average molecular weight is 556 g/mol. The normalized spacial score (nSPS) is 17.5. The minimum Gasteiger partial charge on any atom is -0.507 e. The van der Waals surface area contributed by atoms with Crippen LogP contribution in [0.25, 0.3) is 16.0 Å². The first kappa shape index (κ1) is 22.6. The van der Waals surface area contributed by atoms with E-state index < -0.39 is 17.7 Å². The van der Waals surface area contributed by atoms with Crippen LogP contribution in [0.1, 0.15) is 17.2 Å². The summed E-state index contributed by atoms with van der Waals surface area (Å²) in [5, 5.41) is 12.1. The van der Waals surface area contributed by atoms with Gasteiger partial charge in [0.25, 0.3) is 5.78 Å². The maximum absolute atomic E-state index is 13.3. The summed E-state index contributed by atoms with van der Waals surface area (Å²) in [6.07, 6.45) is 0. The van der Waals surface area contributed by atoms with Crippen LogP contribution in [0.2, 0.25) is 5.02 Å². The number of benzene rings is 3. The second-order valence-corrected chi connectivity index (χ2v) is 9.93. The van der Waals surface area contributed by atoms with Crippen molar-refractivity contribution in [1.29, 1.82) is 0 Å². The topological polar surface area (TPSA) is 79.7 Å². The molecule has 5 rings (SSSR count). The number of halogens is 2. The summed E-state index contributed by atoms with van der Waals surface area (Å²) >= 11 is 10.8. The van der Waals surface area contributed by atoms with Crippen LogP contribution < -0.4 is 9.64 Å². The number of thiazole rings is 1. The van der Waals surface area contributed by atoms with Crippen molar-refractivity contribution >= 4 is 71.7 Å². The highest BCUT2D eigenvalue weighted by atomic mass is 79.9. The number of anilines is 1. The molecule has 1 fully saturated rings. The fourth-order valence-corrected chi connectivity index (χ4v) is 5.62. The van der Waals surface area contributed by atoms with Gasteiger partial charge in [-0.1, -0.05) is 63.1 Å². The summed E-state index contributed by atoms with van der Waals surface area (Å²) in [7, 11) is 1.51. The lowest BCUT2D eigenvalue weighted by atomic mass is 9.95. The van der Waals surface area contributed by atoms with Gasteiger partial charge in [-0.3, -0.25) is 14.5 Å². The third kappa shape index (κ3) is 3.87. The maximum atomic E-state index is 13.3. The van der Waals surface area contributed by atoms with Crippen LogP contribution >= 0.6 is 38.9 Å². The Kier molecular flexibility index (Phi) is 5.89. The van der Waals surface area contributed by atoms with Crippen molar-refractivity contribution in [3.05, 3.63) is 92.9 Å². The molecule has 1 aromatic heterocycles. The minimum atomic E-state index is -0.875. The Labute approximate surface area is 212 Å². The first-order chi connectivity index (χ1) is 16.4. The number of ether oxygens (including phenoxy) is 1. The summed E-state index contributed by atoms with van der Waals surface area (Å²) in [6, 6.07) is 18.3. The molecule has 3 aromatic carbocycles. The number of aliphatic hydroxyl groups is 1. The molecule has 4 aromatic rings. The Morgan fingerprint density at radius 1 is 1.12 bits per heavy atom. The molecule has 6 nitrogen and oxygen atoms in total. The van der Waals surface area contributed by atoms with Crippen LogP contribution in [0.5, 0.6) is 5.75 Å². The Hall–Kier alpha value is -3.20. The summed E-state index contributed by atoms with van der Waals surface area (Å²) < 4.78 is 6.81. The molecule has 0 saturated carbocycles. The average Bonchev–Trinajstić information content (AvgIpc) is 3.36. The lowest BCUT2D eigenvalue weighted by Gasteiger charge is -2.23. The van der Waals surface area contributed by atoms with Crippen LogP contribution in [0, 0.1) is 0 Å². The first-order valence-electron chi connectivity index (χ1n) is 10.1. The van der Waals surface area contributed by atoms with E-state index in [0.717, 1.165) is 9.17 Å². The number of hydrogen-bond acceptors (Lipinski definition) is 6. The molecule has 1 aliphatic heterocycles. The Morgan fingerprint density at radius 2 is 1.91 bits per heavy atom. The third-order valence-electron chi connectivity index (χ3n) is 5.50. The number of hydrogen-bond donors (Lipinski definition) is 1. The third-order valence-corrected chi connectivity index (χ3v) is 7.24.